The Balaban J connectivity index is 2.32. The Morgan fingerprint density at radius 3 is 3.00 bits per heavy atom. The highest BCUT2D eigenvalue weighted by Gasteiger charge is 2.03. The lowest BCUT2D eigenvalue weighted by Crippen LogP contribution is -2.10. The molecule has 0 spiro atoms. The first-order chi connectivity index (χ1) is 6.22. The molecule has 0 saturated heterocycles. The molecule has 0 aromatic carbocycles. The normalized spacial score (nSPS) is 10.2. The smallest absolute Gasteiger partial charge is 0.218 e. The Morgan fingerprint density at radius 1 is 1.69 bits per heavy atom. The molecule has 0 aliphatic carbocycles. The summed E-state index contributed by atoms with van der Waals surface area (Å²) in [5.74, 6) is 1.28. The predicted octanol–water partition coefficient (Wildman–Crippen LogP) is 1.07. The third kappa shape index (κ3) is 3.73. The van der Waals surface area contributed by atoms with Gasteiger partial charge in [-0.3, -0.25) is 4.79 Å². The average molecular weight is 217 g/mol. The Labute approximate surface area is 85.1 Å². The summed E-state index contributed by atoms with van der Waals surface area (Å²) in [7, 11) is 0. The van der Waals surface area contributed by atoms with E-state index in [4.69, 9.17) is 5.73 Å². The van der Waals surface area contributed by atoms with E-state index in [2.05, 4.69) is 9.36 Å². The maximum atomic E-state index is 10.4. The van der Waals surface area contributed by atoms with Crippen LogP contribution in [0, 0.1) is 0 Å². The van der Waals surface area contributed by atoms with Crippen LogP contribution in [0.1, 0.15) is 19.2 Å². The summed E-state index contributed by atoms with van der Waals surface area (Å²) in [5, 5.41) is 0. The first-order valence-corrected chi connectivity index (χ1v) is 5.72. The summed E-state index contributed by atoms with van der Waals surface area (Å²) >= 11 is 2.90. The van der Waals surface area contributed by atoms with Gasteiger partial charge in [-0.05, 0) is 11.5 Å². The molecule has 72 valence electrons. The first-order valence-electron chi connectivity index (χ1n) is 3.96. The van der Waals surface area contributed by atoms with E-state index in [1.165, 1.54) is 23.3 Å². The van der Waals surface area contributed by atoms with Gasteiger partial charge in [0.25, 0.3) is 0 Å². The molecule has 6 heteroatoms. The molecule has 1 rings (SSSR count). The monoisotopic (exact) mass is 217 g/mol. The van der Waals surface area contributed by atoms with Gasteiger partial charge in [0.15, 0.2) is 4.34 Å². The maximum absolute atomic E-state index is 10.4. The maximum Gasteiger partial charge on any atom is 0.218 e. The van der Waals surface area contributed by atoms with Crippen molar-refractivity contribution in [3.8, 4) is 0 Å². The molecule has 0 atom stereocenters. The highest BCUT2D eigenvalue weighted by Crippen LogP contribution is 2.20. The quantitative estimate of drug-likeness (QED) is 0.749. The zero-order valence-corrected chi connectivity index (χ0v) is 8.95. The molecule has 1 amide bonds. The molecule has 0 unspecified atom stereocenters. The highest BCUT2D eigenvalue weighted by atomic mass is 32.2. The number of carbonyl (C=O) groups is 1. The molecule has 13 heavy (non-hydrogen) atoms. The van der Waals surface area contributed by atoms with E-state index in [1.54, 1.807) is 0 Å². The third-order valence-electron chi connectivity index (χ3n) is 1.34. The van der Waals surface area contributed by atoms with Gasteiger partial charge in [-0.25, -0.2) is 4.98 Å². The van der Waals surface area contributed by atoms with Crippen molar-refractivity contribution < 1.29 is 4.79 Å². The molecule has 1 aromatic heterocycles. The number of carbonyl (C=O) groups excluding carboxylic acids is 1. The van der Waals surface area contributed by atoms with Crippen LogP contribution in [0.25, 0.3) is 0 Å². The molecule has 1 heterocycles. The largest absolute Gasteiger partial charge is 0.370 e. The van der Waals surface area contributed by atoms with Crippen LogP contribution in [-0.2, 0) is 11.2 Å². The van der Waals surface area contributed by atoms with Crippen LogP contribution < -0.4 is 5.73 Å². The molecule has 0 radical (unpaired) electrons. The molecule has 0 fully saturated rings. The zero-order chi connectivity index (χ0) is 9.68. The lowest BCUT2D eigenvalue weighted by Gasteiger charge is -1.92. The van der Waals surface area contributed by atoms with Gasteiger partial charge >= 0.3 is 0 Å². The van der Waals surface area contributed by atoms with Gasteiger partial charge in [-0.1, -0.05) is 18.7 Å². The molecule has 2 N–H and O–H groups in total. The molecule has 0 aliphatic heterocycles. The van der Waals surface area contributed by atoms with Crippen LogP contribution in [0.4, 0.5) is 0 Å². The third-order valence-corrected chi connectivity index (χ3v) is 3.21. The van der Waals surface area contributed by atoms with Crippen LogP contribution in [-0.4, -0.2) is 21.0 Å². The van der Waals surface area contributed by atoms with Gasteiger partial charge in [0.1, 0.15) is 5.82 Å². The molecule has 1 aromatic rings. The number of hydrogen-bond donors (Lipinski definition) is 1. The predicted molar refractivity (Wildman–Crippen MR) is 53.8 cm³/mol. The minimum atomic E-state index is -0.271. The van der Waals surface area contributed by atoms with Gasteiger partial charge in [0.2, 0.25) is 5.91 Å². The zero-order valence-electron chi connectivity index (χ0n) is 7.32. The summed E-state index contributed by atoms with van der Waals surface area (Å²) in [4.78, 5) is 14.7. The standard InChI is InChI=1S/C7H11N3OS2/c1-2-6-9-7(13-10-6)12-4-3-5(8)11/h2-4H2,1H3,(H2,8,11). The second-order valence-corrected chi connectivity index (χ2v) is 4.49. The van der Waals surface area contributed by atoms with Gasteiger partial charge in [0, 0.05) is 18.6 Å². The second-order valence-electron chi connectivity index (χ2n) is 2.39. The summed E-state index contributed by atoms with van der Waals surface area (Å²) < 4.78 is 5.04. The number of nitrogens with zero attached hydrogens (tertiary/aromatic N) is 2. The number of primary amides is 1. The average Bonchev–Trinajstić information content (AvgIpc) is 2.52. The van der Waals surface area contributed by atoms with Gasteiger partial charge in [-0.15, -0.1) is 0 Å². The molecular weight excluding hydrogens is 206 g/mol. The van der Waals surface area contributed by atoms with Crippen LogP contribution in [0.5, 0.6) is 0 Å². The van der Waals surface area contributed by atoms with E-state index in [9.17, 15) is 4.79 Å². The van der Waals surface area contributed by atoms with E-state index in [0.717, 1.165) is 16.6 Å². The lowest BCUT2D eigenvalue weighted by atomic mass is 10.5. The lowest BCUT2D eigenvalue weighted by molar-refractivity contribution is -0.117. The summed E-state index contributed by atoms with van der Waals surface area (Å²) in [6.07, 6.45) is 1.25. The number of aryl methyl sites for hydroxylation is 1. The minimum absolute atomic E-state index is 0.271. The second kappa shape index (κ2) is 5.18. The van der Waals surface area contributed by atoms with Gasteiger partial charge < -0.3 is 5.73 Å². The van der Waals surface area contributed by atoms with E-state index in [-0.39, 0.29) is 5.91 Å². The Hall–Kier alpha value is -0.620. The Morgan fingerprint density at radius 2 is 2.46 bits per heavy atom. The number of aromatic nitrogens is 2. The van der Waals surface area contributed by atoms with Gasteiger partial charge in [0.05, 0.1) is 0 Å². The fraction of sp³-hybridized carbons (Fsp3) is 0.571. The Bertz CT molecular complexity index is 287. The fourth-order valence-corrected chi connectivity index (χ4v) is 2.40. The van der Waals surface area contributed by atoms with Crippen LogP contribution >= 0.6 is 23.3 Å². The number of amides is 1. The van der Waals surface area contributed by atoms with Crippen molar-refractivity contribution in [2.24, 2.45) is 5.73 Å². The van der Waals surface area contributed by atoms with E-state index in [0.29, 0.717) is 12.2 Å². The number of nitrogens with two attached hydrogens (primary N) is 1. The van der Waals surface area contributed by atoms with E-state index in [1.807, 2.05) is 6.92 Å². The van der Waals surface area contributed by atoms with Crippen molar-refractivity contribution in [2.75, 3.05) is 5.75 Å². The minimum Gasteiger partial charge on any atom is -0.370 e. The molecule has 4 nitrogen and oxygen atoms in total. The molecule has 0 bridgehead atoms. The summed E-state index contributed by atoms with van der Waals surface area (Å²) in [5.41, 5.74) is 5.00. The van der Waals surface area contributed by atoms with E-state index < -0.39 is 0 Å². The number of thioether (sulfide) groups is 1. The van der Waals surface area contributed by atoms with Crippen molar-refractivity contribution in [1.29, 1.82) is 0 Å². The Kier molecular flexibility index (Phi) is 4.17. The SMILES string of the molecule is CCc1nsc(SCCC(N)=O)n1. The summed E-state index contributed by atoms with van der Waals surface area (Å²) in [6, 6.07) is 0. The van der Waals surface area contributed by atoms with Crippen molar-refractivity contribution in [3.63, 3.8) is 0 Å². The van der Waals surface area contributed by atoms with Crippen molar-refractivity contribution in [1.82, 2.24) is 9.36 Å². The number of hydrogen-bond acceptors (Lipinski definition) is 5. The molecule has 0 aliphatic rings. The first kappa shape index (κ1) is 10.5. The van der Waals surface area contributed by atoms with Crippen molar-refractivity contribution >= 4 is 29.2 Å². The van der Waals surface area contributed by atoms with Gasteiger partial charge in [-0.2, -0.15) is 4.37 Å². The van der Waals surface area contributed by atoms with Crippen LogP contribution in [0.2, 0.25) is 0 Å². The van der Waals surface area contributed by atoms with Crippen LogP contribution in [0.15, 0.2) is 4.34 Å². The fourth-order valence-electron chi connectivity index (χ4n) is 0.679. The molecular formula is C7H11N3OS2. The number of rotatable bonds is 5. The van der Waals surface area contributed by atoms with Crippen molar-refractivity contribution in [3.05, 3.63) is 5.82 Å². The van der Waals surface area contributed by atoms with Crippen LogP contribution in [0.3, 0.4) is 0 Å². The highest BCUT2D eigenvalue weighted by molar-refractivity contribution is 8.00. The van der Waals surface area contributed by atoms with E-state index >= 15 is 0 Å². The molecule has 0 saturated carbocycles. The van der Waals surface area contributed by atoms with Crippen molar-refractivity contribution in [2.45, 2.75) is 24.1 Å². The topological polar surface area (TPSA) is 68.9 Å². The summed E-state index contributed by atoms with van der Waals surface area (Å²) in [6.45, 7) is 2.01.